The molecule has 0 saturated carbocycles. The molecule has 3 aliphatic heterocycles. The number of fused-ring (bicyclic) bond motifs is 2. The van der Waals surface area contributed by atoms with Crippen LogP contribution in [0.4, 0.5) is 4.39 Å². The fourth-order valence-corrected chi connectivity index (χ4v) is 5.43. The summed E-state index contributed by atoms with van der Waals surface area (Å²) in [6.45, 7) is 8.26. The normalized spacial score (nSPS) is 26.3. The second-order valence-electron chi connectivity index (χ2n) is 8.97. The molecule has 1 aromatic carbocycles. The lowest BCUT2D eigenvalue weighted by Gasteiger charge is -2.22. The van der Waals surface area contributed by atoms with E-state index >= 15 is 4.39 Å². The van der Waals surface area contributed by atoms with Gasteiger partial charge in [-0.1, -0.05) is 13.0 Å². The summed E-state index contributed by atoms with van der Waals surface area (Å²) >= 11 is 0. The zero-order chi connectivity index (χ0) is 21.0. The van der Waals surface area contributed by atoms with Gasteiger partial charge in [0, 0.05) is 45.1 Å². The van der Waals surface area contributed by atoms with Gasteiger partial charge in [-0.2, -0.15) is 5.10 Å². The largest absolute Gasteiger partial charge is 0.348 e. The van der Waals surface area contributed by atoms with E-state index in [-0.39, 0.29) is 25.1 Å². The van der Waals surface area contributed by atoms with Crippen LogP contribution in [0.2, 0.25) is 0 Å². The number of hydrazone groups is 1. The van der Waals surface area contributed by atoms with Gasteiger partial charge < -0.3 is 14.8 Å². The molecule has 3 atom stereocenters. The molecule has 6 nitrogen and oxygen atoms in total. The molecule has 30 heavy (non-hydrogen) atoms. The maximum absolute atomic E-state index is 15.2. The van der Waals surface area contributed by atoms with Crippen molar-refractivity contribution < 1.29 is 10.6 Å². The van der Waals surface area contributed by atoms with E-state index in [0.717, 1.165) is 37.0 Å². The third-order valence-electron chi connectivity index (χ3n) is 7.14. The molecule has 0 aliphatic carbocycles. The molecule has 162 valence electrons. The van der Waals surface area contributed by atoms with Gasteiger partial charge in [0.1, 0.15) is 11.5 Å². The first-order valence-corrected chi connectivity index (χ1v) is 11.1. The Balaban J connectivity index is 0.00000231. The van der Waals surface area contributed by atoms with Crippen molar-refractivity contribution in [3.05, 3.63) is 34.8 Å². The van der Waals surface area contributed by atoms with Gasteiger partial charge in [0.05, 0.1) is 11.6 Å². The molecule has 1 amide bonds. The van der Waals surface area contributed by atoms with Crippen LogP contribution in [-0.4, -0.2) is 77.7 Å². The van der Waals surface area contributed by atoms with Gasteiger partial charge in [0.25, 0.3) is 5.91 Å². The SMILES string of the molecule is CCc1cc(C2CCN(C)C2)c2cc(C(=O)N3CC4C=NN(CC)C4C3)[nH]c2c1F.[HH]. The number of aromatic nitrogens is 1. The van der Waals surface area contributed by atoms with Gasteiger partial charge in [-0.05, 0) is 56.5 Å². The quantitative estimate of drug-likeness (QED) is 0.837. The van der Waals surface area contributed by atoms with E-state index in [9.17, 15) is 4.79 Å². The van der Waals surface area contributed by atoms with Gasteiger partial charge in [-0.15, -0.1) is 0 Å². The third-order valence-corrected chi connectivity index (χ3v) is 7.14. The number of nitrogens with zero attached hydrogens (tertiary/aromatic N) is 4. The molecule has 3 unspecified atom stereocenters. The van der Waals surface area contributed by atoms with E-state index in [2.05, 4.69) is 34.0 Å². The number of likely N-dealkylation sites (tertiary alicyclic amines) is 2. The number of benzene rings is 1. The first kappa shape index (κ1) is 19.5. The third kappa shape index (κ3) is 3.02. The highest BCUT2D eigenvalue weighted by Gasteiger charge is 2.41. The van der Waals surface area contributed by atoms with Crippen LogP contribution >= 0.6 is 0 Å². The van der Waals surface area contributed by atoms with Crippen molar-refractivity contribution in [1.82, 2.24) is 19.8 Å². The Morgan fingerprint density at radius 1 is 1.30 bits per heavy atom. The van der Waals surface area contributed by atoms with Crippen molar-refractivity contribution in [3.63, 3.8) is 0 Å². The minimum atomic E-state index is -0.218. The Morgan fingerprint density at radius 2 is 2.13 bits per heavy atom. The van der Waals surface area contributed by atoms with E-state index in [1.165, 1.54) is 5.56 Å². The number of H-pyrrole nitrogens is 1. The summed E-state index contributed by atoms with van der Waals surface area (Å²) in [5.74, 6) is 0.398. The van der Waals surface area contributed by atoms with E-state index in [1.807, 2.05) is 30.2 Å². The van der Waals surface area contributed by atoms with Crippen LogP contribution in [0.15, 0.2) is 17.2 Å². The molecular weight excluding hydrogens is 381 g/mol. The van der Waals surface area contributed by atoms with Gasteiger partial charge in [0.15, 0.2) is 0 Å². The van der Waals surface area contributed by atoms with Gasteiger partial charge in [-0.25, -0.2) is 4.39 Å². The van der Waals surface area contributed by atoms with Gasteiger partial charge >= 0.3 is 0 Å². The second-order valence-corrected chi connectivity index (χ2v) is 8.97. The van der Waals surface area contributed by atoms with Crippen LogP contribution in [0.3, 0.4) is 0 Å². The molecule has 0 bridgehead atoms. The molecule has 5 rings (SSSR count). The molecule has 0 radical (unpaired) electrons. The number of carbonyl (C=O) groups is 1. The molecule has 3 aliphatic rings. The summed E-state index contributed by atoms with van der Waals surface area (Å²) < 4.78 is 15.2. The molecule has 1 N–H and O–H groups in total. The number of carbonyl (C=O) groups excluding carboxylic acids is 1. The molecule has 7 heteroatoms. The number of hydrogen-bond acceptors (Lipinski definition) is 4. The van der Waals surface area contributed by atoms with E-state index in [4.69, 9.17) is 0 Å². The Bertz CT molecular complexity index is 1020. The highest BCUT2D eigenvalue weighted by Crippen LogP contribution is 2.36. The molecule has 1 aromatic heterocycles. The molecule has 4 heterocycles. The number of amides is 1. The minimum Gasteiger partial charge on any atom is -0.348 e. The molecule has 2 fully saturated rings. The Morgan fingerprint density at radius 3 is 2.83 bits per heavy atom. The molecule has 2 aromatic rings. The van der Waals surface area contributed by atoms with Crippen molar-refractivity contribution >= 4 is 23.0 Å². The number of nitrogens with one attached hydrogen (secondary N) is 1. The summed E-state index contributed by atoms with van der Waals surface area (Å²) in [7, 11) is 2.13. The number of aromatic amines is 1. The van der Waals surface area contributed by atoms with Crippen LogP contribution in [0.5, 0.6) is 0 Å². The lowest BCUT2D eigenvalue weighted by Crippen LogP contribution is -2.35. The van der Waals surface area contributed by atoms with Crippen molar-refractivity contribution in [2.75, 3.05) is 39.8 Å². The average Bonchev–Trinajstić information content (AvgIpc) is 3.50. The number of hydrogen-bond donors (Lipinski definition) is 1. The standard InChI is InChI=1S/C23H30FN5O.H2/c1-4-14-8-17(15-6-7-27(3)11-15)18-9-19(26-22(18)21(14)24)23(30)28-12-16-10-25-29(5-2)20(16)13-28;/h8-10,15-16,20,26H,4-7,11-13H2,1-3H3;1H. The first-order chi connectivity index (χ1) is 14.5. The van der Waals surface area contributed by atoms with Gasteiger partial charge in [0.2, 0.25) is 0 Å². The zero-order valence-corrected chi connectivity index (χ0v) is 18.0. The Hall–Kier alpha value is -2.41. The zero-order valence-electron chi connectivity index (χ0n) is 18.0. The van der Waals surface area contributed by atoms with Crippen LogP contribution in [0.1, 0.15) is 49.2 Å². The number of rotatable bonds is 4. The van der Waals surface area contributed by atoms with Crippen molar-refractivity contribution in [2.45, 2.75) is 38.6 Å². The summed E-state index contributed by atoms with van der Waals surface area (Å²) in [4.78, 5) is 20.6. The van der Waals surface area contributed by atoms with Crippen LogP contribution < -0.4 is 0 Å². The van der Waals surface area contributed by atoms with Crippen LogP contribution in [-0.2, 0) is 6.42 Å². The predicted octanol–water partition coefficient (Wildman–Crippen LogP) is 3.30. The predicted molar refractivity (Wildman–Crippen MR) is 119 cm³/mol. The highest BCUT2D eigenvalue weighted by molar-refractivity contribution is 5.99. The van der Waals surface area contributed by atoms with Crippen LogP contribution in [0.25, 0.3) is 10.9 Å². The number of halogens is 1. The molecule has 0 spiro atoms. The molecular formula is C23H32FN5O. The topological polar surface area (TPSA) is 54.9 Å². The monoisotopic (exact) mass is 413 g/mol. The summed E-state index contributed by atoms with van der Waals surface area (Å²) in [6.07, 6.45) is 3.67. The average molecular weight is 414 g/mol. The Kier molecular flexibility index (Phi) is 4.81. The fraction of sp³-hybridized carbons (Fsp3) is 0.565. The first-order valence-electron chi connectivity index (χ1n) is 11.1. The number of likely N-dealkylation sites (N-methyl/N-ethyl adjacent to an activating group) is 2. The van der Waals surface area contributed by atoms with E-state index < -0.39 is 0 Å². The highest BCUT2D eigenvalue weighted by atomic mass is 19.1. The maximum Gasteiger partial charge on any atom is 0.270 e. The smallest absolute Gasteiger partial charge is 0.270 e. The summed E-state index contributed by atoms with van der Waals surface area (Å²) in [6, 6.07) is 4.17. The van der Waals surface area contributed by atoms with Crippen LogP contribution in [0, 0.1) is 11.7 Å². The molecule has 2 saturated heterocycles. The second kappa shape index (κ2) is 7.38. The minimum absolute atomic E-state index is 0. The van der Waals surface area contributed by atoms with Crippen molar-refractivity contribution in [1.29, 1.82) is 0 Å². The number of aryl methyl sites for hydroxylation is 1. The van der Waals surface area contributed by atoms with Crippen molar-refractivity contribution in [2.24, 2.45) is 11.0 Å². The lowest BCUT2D eigenvalue weighted by molar-refractivity contribution is 0.0771. The maximum atomic E-state index is 15.2. The lowest BCUT2D eigenvalue weighted by atomic mass is 9.92. The fourth-order valence-electron chi connectivity index (χ4n) is 5.43. The summed E-state index contributed by atoms with van der Waals surface area (Å²) in [5, 5.41) is 7.37. The van der Waals surface area contributed by atoms with E-state index in [0.29, 0.717) is 36.6 Å². The van der Waals surface area contributed by atoms with E-state index in [1.54, 1.807) is 0 Å². The van der Waals surface area contributed by atoms with Gasteiger partial charge in [-0.3, -0.25) is 9.80 Å². The van der Waals surface area contributed by atoms with Crippen molar-refractivity contribution in [3.8, 4) is 0 Å². The summed E-state index contributed by atoms with van der Waals surface area (Å²) in [5.41, 5.74) is 2.87. The Labute approximate surface area is 178 Å².